The Morgan fingerprint density at radius 1 is 1.24 bits per heavy atom. The molecular formula is C15H14BrF2NO2. The Balaban J connectivity index is 2.11. The monoisotopic (exact) mass is 357 g/mol. The number of aliphatic hydroxyl groups is 1. The molecule has 0 aliphatic heterocycles. The largest absolute Gasteiger partial charge is 0.497 e. The molecule has 6 heteroatoms. The number of hydrogen-bond acceptors (Lipinski definition) is 3. The van der Waals surface area contributed by atoms with Gasteiger partial charge in [0.05, 0.1) is 12.7 Å². The van der Waals surface area contributed by atoms with Crippen molar-refractivity contribution in [2.45, 2.75) is 6.10 Å². The molecule has 2 aromatic carbocycles. The summed E-state index contributed by atoms with van der Waals surface area (Å²) >= 11 is 3.33. The summed E-state index contributed by atoms with van der Waals surface area (Å²) < 4.78 is 33.0. The minimum atomic E-state index is -1.30. The Bertz CT molecular complexity index is 617. The second-order valence-corrected chi connectivity index (χ2v) is 5.33. The van der Waals surface area contributed by atoms with Gasteiger partial charge < -0.3 is 15.2 Å². The average Bonchev–Trinajstić information content (AvgIpc) is 2.44. The molecule has 21 heavy (non-hydrogen) atoms. The molecule has 1 unspecified atom stereocenters. The van der Waals surface area contributed by atoms with E-state index < -0.39 is 17.7 Å². The maximum absolute atomic E-state index is 13.6. The predicted molar refractivity (Wildman–Crippen MR) is 80.5 cm³/mol. The Morgan fingerprint density at radius 2 is 1.90 bits per heavy atom. The highest BCUT2D eigenvalue weighted by molar-refractivity contribution is 9.10. The number of benzene rings is 2. The molecule has 2 N–H and O–H groups in total. The average molecular weight is 358 g/mol. The maximum Gasteiger partial charge on any atom is 0.132 e. The van der Waals surface area contributed by atoms with Crippen molar-refractivity contribution in [1.82, 2.24) is 0 Å². The van der Waals surface area contributed by atoms with E-state index in [1.807, 2.05) is 0 Å². The van der Waals surface area contributed by atoms with Crippen LogP contribution in [0.15, 0.2) is 40.9 Å². The second kappa shape index (κ2) is 6.87. The third-order valence-corrected chi connectivity index (χ3v) is 3.40. The quantitative estimate of drug-likeness (QED) is 0.853. The van der Waals surface area contributed by atoms with Crippen LogP contribution >= 0.6 is 15.9 Å². The van der Waals surface area contributed by atoms with Crippen molar-refractivity contribution in [3.8, 4) is 5.75 Å². The first kappa shape index (κ1) is 15.7. The fourth-order valence-corrected chi connectivity index (χ4v) is 2.40. The van der Waals surface area contributed by atoms with Crippen molar-refractivity contribution in [1.29, 1.82) is 0 Å². The molecule has 0 aromatic heterocycles. The normalized spacial score (nSPS) is 12.0. The van der Waals surface area contributed by atoms with Gasteiger partial charge in [0.15, 0.2) is 0 Å². The van der Waals surface area contributed by atoms with Crippen LogP contribution in [0.4, 0.5) is 14.5 Å². The first-order valence-electron chi connectivity index (χ1n) is 6.21. The summed E-state index contributed by atoms with van der Waals surface area (Å²) in [6.07, 6.45) is -1.30. The molecule has 0 saturated heterocycles. The fourth-order valence-electron chi connectivity index (χ4n) is 1.93. The molecule has 2 aromatic rings. The van der Waals surface area contributed by atoms with Crippen LogP contribution in [-0.4, -0.2) is 18.8 Å². The molecule has 1 atom stereocenters. The van der Waals surface area contributed by atoms with Gasteiger partial charge in [0.1, 0.15) is 23.5 Å². The molecule has 0 amide bonds. The van der Waals surface area contributed by atoms with E-state index in [4.69, 9.17) is 4.74 Å². The standard InChI is InChI=1S/C15H14BrF2NO2/c1-21-11-6-9(16)5-10(7-11)19-8-14(20)15-12(17)3-2-4-13(15)18/h2-7,14,19-20H,8H2,1H3. The van der Waals surface area contributed by atoms with Crippen LogP contribution in [0.5, 0.6) is 5.75 Å². The van der Waals surface area contributed by atoms with Crippen LogP contribution in [0.25, 0.3) is 0 Å². The van der Waals surface area contributed by atoms with Crippen LogP contribution in [0.3, 0.4) is 0 Å². The third-order valence-electron chi connectivity index (χ3n) is 2.94. The highest BCUT2D eigenvalue weighted by atomic mass is 79.9. The van der Waals surface area contributed by atoms with Gasteiger partial charge in [0, 0.05) is 22.8 Å². The molecule has 3 nitrogen and oxygen atoms in total. The van der Waals surface area contributed by atoms with Crippen molar-refractivity contribution in [3.05, 3.63) is 58.1 Å². The minimum Gasteiger partial charge on any atom is -0.497 e. The van der Waals surface area contributed by atoms with E-state index in [1.165, 1.54) is 13.2 Å². The Morgan fingerprint density at radius 3 is 2.52 bits per heavy atom. The zero-order valence-electron chi connectivity index (χ0n) is 11.2. The van der Waals surface area contributed by atoms with Gasteiger partial charge in [0.2, 0.25) is 0 Å². The fraction of sp³-hybridized carbons (Fsp3) is 0.200. The van der Waals surface area contributed by atoms with E-state index in [9.17, 15) is 13.9 Å². The van der Waals surface area contributed by atoms with E-state index >= 15 is 0 Å². The lowest BCUT2D eigenvalue weighted by Crippen LogP contribution is -2.15. The SMILES string of the molecule is COc1cc(Br)cc(NCC(O)c2c(F)cccc2F)c1. The van der Waals surface area contributed by atoms with Gasteiger partial charge in [-0.3, -0.25) is 0 Å². The second-order valence-electron chi connectivity index (χ2n) is 4.41. The summed E-state index contributed by atoms with van der Waals surface area (Å²) in [5.41, 5.74) is 0.323. The van der Waals surface area contributed by atoms with Gasteiger partial charge in [0.25, 0.3) is 0 Å². The summed E-state index contributed by atoms with van der Waals surface area (Å²) in [5, 5.41) is 12.9. The predicted octanol–water partition coefficient (Wildman–Crippen LogP) is 3.88. The number of hydrogen-bond donors (Lipinski definition) is 2. The molecular weight excluding hydrogens is 344 g/mol. The summed E-state index contributed by atoms with van der Waals surface area (Å²) in [5.74, 6) is -0.911. The number of halogens is 3. The molecule has 0 heterocycles. The lowest BCUT2D eigenvalue weighted by atomic mass is 10.1. The number of anilines is 1. The number of aliphatic hydroxyl groups excluding tert-OH is 1. The lowest BCUT2D eigenvalue weighted by Gasteiger charge is -2.15. The number of rotatable bonds is 5. The van der Waals surface area contributed by atoms with Crippen LogP contribution in [-0.2, 0) is 0 Å². The van der Waals surface area contributed by atoms with Crippen LogP contribution in [0, 0.1) is 11.6 Å². The summed E-state index contributed by atoms with van der Waals surface area (Å²) in [7, 11) is 1.54. The van der Waals surface area contributed by atoms with E-state index in [0.717, 1.165) is 16.6 Å². The molecule has 2 rings (SSSR count). The smallest absolute Gasteiger partial charge is 0.132 e. The molecule has 112 valence electrons. The van der Waals surface area contributed by atoms with E-state index in [1.54, 1.807) is 18.2 Å². The Hall–Kier alpha value is -1.66. The minimum absolute atomic E-state index is 0.0303. The Kier molecular flexibility index (Phi) is 5.14. The highest BCUT2D eigenvalue weighted by Gasteiger charge is 2.17. The van der Waals surface area contributed by atoms with Gasteiger partial charge >= 0.3 is 0 Å². The third kappa shape index (κ3) is 3.92. The van der Waals surface area contributed by atoms with Crippen LogP contribution < -0.4 is 10.1 Å². The van der Waals surface area contributed by atoms with E-state index in [0.29, 0.717) is 11.4 Å². The molecule has 0 aliphatic rings. The van der Waals surface area contributed by atoms with Gasteiger partial charge in [-0.25, -0.2) is 8.78 Å². The van der Waals surface area contributed by atoms with Crippen molar-refractivity contribution in [2.24, 2.45) is 0 Å². The molecule has 0 spiro atoms. The van der Waals surface area contributed by atoms with Crippen molar-refractivity contribution in [2.75, 3.05) is 19.0 Å². The van der Waals surface area contributed by atoms with E-state index in [2.05, 4.69) is 21.2 Å². The van der Waals surface area contributed by atoms with Crippen molar-refractivity contribution < 1.29 is 18.6 Å². The topological polar surface area (TPSA) is 41.5 Å². The Labute approximate surface area is 129 Å². The van der Waals surface area contributed by atoms with Crippen LogP contribution in [0.1, 0.15) is 11.7 Å². The van der Waals surface area contributed by atoms with Crippen LogP contribution in [0.2, 0.25) is 0 Å². The first-order valence-corrected chi connectivity index (χ1v) is 7.01. The highest BCUT2D eigenvalue weighted by Crippen LogP contribution is 2.26. The van der Waals surface area contributed by atoms with Gasteiger partial charge in [-0.1, -0.05) is 22.0 Å². The van der Waals surface area contributed by atoms with Gasteiger partial charge in [-0.2, -0.15) is 0 Å². The van der Waals surface area contributed by atoms with Crippen molar-refractivity contribution >= 4 is 21.6 Å². The number of methoxy groups -OCH3 is 1. The summed E-state index contributed by atoms with van der Waals surface area (Å²) in [4.78, 5) is 0. The molecule has 0 radical (unpaired) electrons. The molecule has 0 fully saturated rings. The number of ether oxygens (including phenoxy) is 1. The first-order chi connectivity index (χ1) is 10.0. The summed E-state index contributed by atoms with van der Waals surface area (Å²) in [6, 6.07) is 8.75. The lowest BCUT2D eigenvalue weighted by molar-refractivity contribution is 0.181. The zero-order valence-corrected chi connectivity index (χ0v) is 12.8. The number of nitrogens with one attached hydrogen (secondary N) is 1. The molecule has 0 saturated carbocycles. The zero-order chi connectivity index (χ0) is 15.4. The van der Waals surface area contributed by atoms with E-state index in [-0.39, 0.29) is 12.1 Å². The molecule has 0 bridgehead atoms. The molecule has 0 aliphatic carbocycles. The van der Waals surface area contributed by atoms with Crippen molar-refractivity contribution in [3.63, 3.8) is 0 Å². The maximum atomic E-state index is 13.6. The van der Waals surface area contributed by atoms with Gasteiger partial charge in [-0.05, 0) is 24.3 Å². The van der Waals surface area contributed by atoms with Gasteiger partial charge in [-0.15, -0.1) is 0 Å². The summed E-state index contributed by atoms with van der Waals surface area (Å²) in [6.45, 7) is -0.0303.